The Balaban J connectivity index is 1.60. The van der Waals surface area contributed by atoms with Gasteiger partial charge in [-0.25, -0.2) is 13.1 Å². The van der Waals surface area contributed by atoms with E-state index in [1.807, 2.05) is 4.90 Å². The summed E-state index contributed by atoms with van der Waals surface area (Å²) in [6.45, 7) is 8.56. The smallest absolute Gasteiger partial charge is 0.226 e. The van der Waals surface area contributed by atoms with Gasteiger partial charge in [0.05, 0.1) is 5.75 Å². The van der Waals surface area contributed by atoms with Gasteiger partial charge < -0.3 is 4.90 Å². The van der Waals surface area contributed by atoms with Crippen molar-refractivity contribution < 1.29 is 13.2 Å². The summed E-state index contributed by atoms with van der Waals surface area (Å²) in [7, 11) is -3.07. The average Bonchev–Trinajstić information content (AvgIpc) is 3.20. The van der Waals surface area contributed by atoms with Crippen LogP contribution in [0.1, 0.15) is 26.7 Å². The van der Waals surface area contributed by atoms with Crippen LogP contribution < -0.4 is 4.72 Å². The minimum atomic E-state index is -3.07. The van der Waals surface area contributed by atoms with Crippen molar-refractivity contribution in [2.75, 3.05) is 45.0 Å². The molecule has 1 saturated heterocycles. The molecule has 122 valence electrons. The fourth-order valence-corrected chi connectivity index (χ4v) is 3.38. The van der Waals surface area contributed by atoms with Crippen molar-refractivity contribution in [3.63, 3.8) is 0 Å². The second kappa shape index (κ2) is 7.07. The molecule has 1 amide bonds. The van der Waals surface area contributed by atoms with Crippen LogP contribution in [0.15, 0.2) is 0 Å². The molecule has 0 radical (unpaired) electrons. The van der Waals surface area contributed by atoms with Crippen LogP contribution in [0.4, 0.5) is 0 Å². The van der Waals surface area contributed by atoms with Gasteiger partial charge in [-0.15, -0.1) is 0 Å². The van der Waals surface area contributed by atoms with Crippen LogP contribution in [0, 0.1) is 11.8 Å². The number of carbonyl (C=O) groups excluding carboxylic acids is 1. The first-order valence-corrected chi connectivity index (χ1v) is 9.56. The summed E-state index contributed by atoms with van der Waals surface area (Å²) < 4.78 is 25.2. The summed E-state index contributed by atoms with van der Waals surface area (Å²) in [6.07, 6.45) is 1.86. The number of hydrogen-bond donors (Lipinski definition) is 1. The summed E-state index contributed by atoms with van der Waals surface area (Å²) >= 11 is 0. The zero-order valence-corrected chi connectivity index (χ0v) is 13.9. The van der Waals surface area contributed by atoms with Crippen molar-refractivity contribution in [3.05, 3.63) is 0 Å². The lowest BCUT2D eigenvalue weighted by Crippen LogP contribution is -2.49. The number of nitrogens with one attached hydrogen (secondary N) is 1. The van der Waals surface area contributed by atoms with E-state index in [4.69, 9.17) is 0 Å². The van der Waals surface area contributed by atoms with Crippen molar-refractivity contribution in [1.29, 1.82) is 0 Å². The molecule has 1 saturated carbocycles. The molecule has 2 atom stereocenters. The summed E-state index contributed by atoms with van der Waals surface area (Å²) in [4.78, 5) is 16.4. The Hall–Kier alpha value is -0.660. The van der Waals surface area contributed by atoms with Gasteiger partial charge >= 0.3 is 0 Å². The Kier molecular flexibility index (Phi) is 5.62. The lowest BCUT2D eigenvalue weighted by Gasteiger charge is -2.35. The van der Waals surface area contributed by atoms with E-state index in [2.05, 4.69) is 16.5 Å². The Morgan fingerprint density at radius 2 is 1.86 bits per heavy atom. The SMILES string of the molecule is CCS(=O)(=O)NCCCN1CCN(C(=O)[C@@H]2C[C@H]2C)CC1. The van der Waals surface area contributed by atoms with E-state index < -0.39 is 10.0 Å². The number of piperazine rings is 1. The standard InChI is InChI=1S/C14H27N3O3S/c1-3-21(19,20)15-5-4-6-16-7-9-17(10-8-16)14(18)13-11-12(13)2/h12-13,15H,3-11H2,1-2H3/t12-,13-/m1/s1. The number of sulfonamides is 1. The van der Waals surface area contributed by atoms with Crippen molar-refractivity contribution in [1.82, 2.24) is 14.5 Å². The maximum atomic E-state index is 12.1. The second-order valence-corrected chi connectivity index (χ2v) is 8.23. The molecule has 21 heavy (non-hydrogen) atoms. The molecule has 1 heterocycles. The van der Waals surface area contributed by atoms with E-state index in [0.29, 0.717) is 18.4 Å². The number of amides is 1. The van der Waals surface area contributed by atoms with Gasteiger partial charge in [0.25, 0.3) is 0 Å². The largest absolute Gasteiger partial charge is 0.340 e. The third-order valence-electron chi connectivity index (χ3n) is 4.46. The van der Waals surface area contributed by atoms with Gasteiger partial charge in [0.2, 0.25) is 15.9 Å². The molecule has 0 unspecified atom stereocenters. The summed E-state index contributed by atoms with van der Waals surface area (Å²) in [5, 5.41) is 0. The van der Waals surface area contributed by atoms with Gasteiger partial charge in [0.1, 0.15) is 0 Å². The topological polar surface area (TPSA) is 69.7 Å². The van der Waals surface area contributed by atoms with E-state index in [1.54, 1.807) is 6.92 Å². The Bertz CT molecular complexity index is 458. The molecule has 0 aromatic carbocycles. The molecule has 7 heteroatoms. The highest BCUT2D eigenvalue weighted by Crippen LogP contribution is 2.39. The first-order valence-electron chi connectivity index (χ1n) is 7.91. The predicted molar refractivity (Wildman–Crippen MR) is 82.4 cm³/mol. The van der Waals surface area contributed by atoms with Crippen molar-refractivity contribution in [2.45, 2.75) is 26.7 Å². The highest BCUT2D eigenvalue weighted by atomic mass is 32.2. The third-order valence-corrected chi connectivity index (χ3v) is 5.87. The van der Waals surface area contributed by atoms with Crippen LogP contribution in [0.5, 0.6) is 0 Å². The molecule has 6 nitrogen and oxygen atoms in total. The van der Waals surface area contributed by atoms with Crippen molar-refractivity contribution in [2.24, 2.45) is 11.8 Å². The molecular formula is C14H27N3O3S. The average molecular weight is 317 g/mol. The van der Waals surface area contributed by atoms with Crippen LogP contribution in [0.3, 0.4) is 0 Å². The fraction of sp³-hybridized carbons (Fsp3) is 0.929. The molecule has 0 aromatic heterocycles. The molecule has 0 spiro atoms. The summed E-state index contributed by atoms with van der Waals surface area (Å²) in [5.74, 6) is 1.31. The van der Waals surface area contributed by atoms with Crippen molar-refractivity contribution >= 4 is 15.9 Å². The number of hydrogen-bond acceptors (Lipinski definition) is 4. The maximum Gasteiger partial charge on any atom is 0.226 e. The van der Waals surface area contributed by atoms with Gasteiger partial charge in [-0.05, 0) is 32.2 Å². The fourth-order valence-electron chi connectivity index (χ4n) is 2.72. The molecular weight excluding hydrogens is 290 g/mol. The van der Waals surface area contributed by atoms with E-state index in [0.717, 1.165) is 45.6 Å². The minimum absolute atomic E-state index is 0.132. The molecule has 1 aliphatic heterocycles. The van der Waals surface area contributed by atoms with Gasteiger partial charge in [-0.1, -0.05) is 6.92 Å². The molecule has 2 fully saturated rings. The first-order chi connectivity index (χ1) is 9.93. The number of carbonyl (C=O) groups is 1. The maximum absolute atomic E-state index is 12.1. The van der Waals surface area contributed by atoms with Crippen LogP contribution in [-0.2, 0) is 14.8 Å². The Morgan fingerprint density at radius 3 is 2.38 bits per heavy atom. The van der Waals surface area contributed by atoms with E-state index in [-0.39, 0.29) is 11.7 Å². The van der Waals surface area contributed by atoms with Gasteiger partial charge in [-0.3, -0.25) is 9.69 Å². The first kappa shape index (κ1) is 16.7. The predicted octanol–water partition coefficient (Wildman–Crippen LogP) is 0.116. The van der Waals surface area contributed by atoms with Crippen LogP contribution >= 0.6 is 0 Å². The van der Waals surface area contributed by atoms with E-state index in [9.17, 15) is 13.2 Å². The molecule has 1 aliphatic carbocycles. The number of rotatable bonds is 7. The van der Waals surface area contributed by atoms with Gasteiger partial charge in [0.15, 0.2) is 0 Å². The Morgan fingerprint density at radius 1 is 1.24 bits per heavy atom. The quantitative estimate of drug-likeness (QED) is 0.677. The van der Waals surface area contributed by atoms with Crippen LogP contribution in [-0.4, -0.2) is 69.1 Å². The van der Waals surface area contributed by atoms with E-state index >= 15 is 0 Å². The van der Waals surface area contributed by atoms with Crippen LogP contribution in [0.25, 0.3) is 0 Å². The lowest BCUT2D eigenvalue weighted by atomic mass is 10.2. The lowest BCUT2D eigenvalue weighted by molar-refractivity contribution is -0.134. The molecule has 1 N–H and O–H groups in total. The monoisotopic (exact) mass is 317 g/mol. The van der Waals surface area contributed by atoms with Crippen molar-refractivity contribution in [3.8, 4) is 0 Å². The molecule has 0 bridgehead atoms. The van der Waals surface area contributed by atoms with Gasteiger partial charge in [-0.2, -0.15) is 0 Å². The normalized spacial score (nSPS) is 26.9. The zero-order chi connectivity index (χ0) is 15.5. The number of nitrogens with zero attached hydrogens (tertiary/aromatic N) is 2. The highest BCUT2D eigenvalue weighted by molar-refractivity contribution is 7.89. The Labute approximate surface area is 127 Å². The highest BCUT2D eigenvalue weighted by Gasteiger charge is 2.41. The minimum Gasteiger partial charge on any atom is -0.340 e. The molecule has 2 rings (SSSR count). The molecule has 2 aliphatic rings. The second-order valence-electron chi connectivity index (χ2n) is 6.14. The van der Waals surface area contributed by atoms with E-state index in [1.165, 1.54) is 0 Å². The van der Waals surface area contributed by atoms with Crippen LogP contribution in [0.2, 0.25) is 0 Å². The van der Waals surface area contributed by atoms with Gasteiger partial charge in [0, 0.05) is 38.6 Å². The molecule has 0 aromatic rings. The summed E-state index contributed by atoms with van der Waals surface area (Å²) in [6, 6.07) is 0. The zero-order valence-electron chi connectivity index (χ0n) is 13.0. The summed E-state index contributed by atoms with van der Waals surface area (Å²) in [5.41, 5.74) is 0. The third kappa shape index (κ3) is 4.93.